The van der Waals surface area contributed by atoms with Crippen LogP contribution in [0.15, 0.2) is 29.6 Å². The summed E-state index contributed by atoms with van der Waals surface area (Å²) in [7, 11) is 0. The molecule has 0 radical (unpaired) electrons. The van der Waals surface area contributed by atoms with E-state index in [1.165, 1.54) is 5.39 Å². The fourth-order valence-corrected chi connectivity index (χ4v) is 3.42. The van der Waals surface area contributed by atoms with E-state index in [9.17, 15) is 4.79 Å². The summed E-state index contributed by atoms with van der Waals surface area (Å²) < 4.78 is 1.13. The van der Waals surface area contributed by atoms with E-state index in [0.717, 1.165) is 29.8 Å². The van der Waals surface area contributed by atoms with Crippen LogP contribution in [0.3, 0.4) is 0 Å². The molecule has 3 heteroatoms. The van der Waals surface area contributed by atoms with Crippen molar-refractivity contribution >= 4 is 27.2 Å². The Bertz CT molecular complexity index is 566. The standard InChI is InChI=1S/C14H15NOS/c1-14(6-7-15-9-14)13(16)11-4-2-3-10-5-8-17-12(10)11/h2-5,8,15H,6-7,9H2,1H3. The maximum Gasteiger partial charge on any atom is 0.171 e. The van der Waals surface area contributed by atoms with Gasteiger partial charge in [-0.3, -0.25) is 4.79 Å². The Morgan fingerprint density at radius 2 is 2.29 bits per heavy atom. The number of nitrogens with one attached hydrogen (secondary N) is 1. The van der Waals surface area contributed by atoms with Crippen molar-refractivity contribution in [2.45, 2.75) is 13.3 Å². The van der Waals surface area contributed by atoms with Crippen LogP contribution < -0.4 is 5.32 Å². The van der Waals surface area contributed by atoms with Gasteiger partial charge in [0.2, 0.25) is 0 Å². The highest BCUT2D eigenvalue weighted by atomic mass is 32.1. The Labute approximate surface area is 105 Å². The Hall–Kier alpha value is -1.19. The minimum absolute atomic E-state index is 0.224. The van der Waals surface area contributed by atoms with Crippen LogP contribution in [0.1, 0.15) is 23.7 Å². The van der Waals surface area contributed by atoms with Gasteiger partial charge in [0.15, 0.2) is 5.78 Å². The van der Waals surface area contributed by atoms with Crippen LogP contribution in [-0.2, 0) is 0 Å². The topological polar surface area (TPSA) is 29.1 Å². The lowest BCUT2D eigenvalue weighted by atomic mass is 9.81. The molecule has 17 heavy (non-hydrogen) atoms. The lowest BCUT2D eigenvalue weighted by Crippen LogP contribution is -2.30. The molecule has 1 atom stereocenters. The minimum atomic E-state index is -0.224. The SMILES string of the molecule is CC1(C(=O)c2cccc3ccsc23)CCNC1. The number of ketones is 1. The average Bonchev–Trinajstić information content (AvgIpc) is 2.96. The van der Waals surface area contributed by atoms with Gasteiger partial charge in [0.25, 0.3) is 0 Å². The summed E-state index contributed by atoms with van der Waals surface area (Å²) >= 11 is 1.66. The fourth-order valence-electron chi connectivity index (χ4n) is 2.51. The molecular formula is C14H15NOS. The Morgan fingerprint density at radius 3 is 3.06 bits per heavy atom. The van der Waals surface area contributed by atoms with Crippen LogP contribution in [-0.4, -0.2) is 18.9 Å². The number of Topliss-reactive ketones (excluding diaryl/α,β-unsaturated/α-hetero) is 1. The number of hydrogen-bond acceptors (Lipinski definition) is 3. The molecule has 0 aliphatic carbocycles. The predicted octanol–water partition coefficient (Wildman–Crippen LogP) is 3.08. The van der Waals surface area contributed by atoms with Crippen molar-refractivity contribution in [2.75, 3.05) is 13.1 Å². The zero-order chi connectivity index (χ0) is 11.9. The van der Waals surface area contributed by atoms with Crippen LogP contribution in [0.4, 0.5) is 0 Å². The van der Waals surface area contributed by atoms with Crippen molar-refractivity contribution in [3.05, 3.63) is 35.2 Å². The van der Waals surface area contributed by atoms with Crippen molar-refractivity contribution < 1.29 is 4.79 Å². The number of fused-ring (bicyclic) bond motifs is 1. The van der Waals surface area contributed by atoms with Gasteiger partial charge in [-0.15, -0.1) is 11.3 Å². The molecule has 3 rings (SSSR count). The summed E-state index contributed by atoms with van der Waals surface area (Å²) in [5.41, 5.74) is 0.668. The summed E-state index contributed by atoms with van der Waals surface area (Å²) in [6, 6.07) is 8.09. The van der Waals surface area contributed by atoms with Crippen molar-refractivity contribution in [1.82, 2.24) is 5.32 Å². The molecule has 1 unspecified atom stereocenters. The van der Waals surface area contributed by atoms with E-state index in [1.807, 2.05) is 12.1 Å². The summed E-state index contributed by atoms with van der Waals surface area (Å²) in [4.78, 5) is 12.6. The summed E-state index contributed by atoms with van der Waals surface area (Å²) in [5, 5.41) is 6.52. The molecule has 1 saturated heterocycles. The second kappa shape index (κ2) is 3.93. The number of benzene rings is 1. The smallest absolute Gasteiger partial charge is 0.171 e. The van der Waals surface area contributed by atoms with Gasteiger partial charge in [0, 0.05) is 22.2 Å². The molecule has 1 aromatic carbocycles. The van der Waals surface area contributed by atoms with Crippen LogP contribution in [0.5, 0.6) is 0 Å². The van der Waals surface area contributed by atoms with Gasteiger partial charge in [-0.25, -0.2) is 0 Å². The monoisotopic (exact) mass is 245 g/mol. The van der Waals surface area contributed by atoms with E-state index in [2.05, 4.69) is 29.8 Å². The van der Waals surface area contributed by atoms with E-state index >= 15 is 0 Å². The van der Waals surface area contributed by atoms with Crippen molar-refractivity contribution in [3.63, 3.8) is 0 Å². The third kappa shape index (κ3) is 1.70. The molecule has 2 heterocycles. The summed E-state index contributed by atoms with van der Waals surface area (Å²) in [5.74, 6) is 0.288. The largest absolute Gasteiger partial charge is 0.316 e. The van der Waals surface area contributed by atoms with Crippen LogP contribution in [0.2, 0.25) is 0 Å². The van der Waals surface area contributed by atoms with E-state index in [4.69, 9.17) is 0 Å². The number of thiophene rings is 1. The highest BCUT2D eigenvalue weighted by Gasteiger charge is 2.37. The Morgan fingerprint density at radius 1 is 1.41 bits per heavy atom. The van der Waals surface area contributed by atoms with Crippen LogP contribution in [0.25, 0.3) is 10.1 Å². The van der Waals surface area contributed by atoms with Gasteiger partial charge in [-0.2, -0.15) is 0 Å². The first kappa shape index (κ1) is 10.9. The number of hydrogen-bond donors (Lipinski definition) is 1. The molecule has 1 aromatic heterocycles. The minimum Gasteiger partial charge on any atom is -0.316 e. The van der Waals surface area contributed by atoms with Gasteiger partial charge in [-0.1, -0.05) is 19.1 Å². The third-order valence-electron chi connectivity index (χ3n) is 3.64. The van der Waals surface area contributed by atoms with Gasteiger partial charge in [0.05, 0.1) is 0 Å². The first-order valence-corrected chi connectivity index (χ1v) is 6.80. The lowest BCUT2D eigenvalue weighted by molar-refractivity contribution is 0.0841. The quantitative estimate of drug-likeness (QED) is 0.824. The van der Waals surface area contributed by atoms with E-state index in [0.29, 0.717) is 0 Å². The van der Waals surface area contributed by atoms with E-state index < -0.39 is 0 Å². The van der Waals surface area contributed by atoms with Gasteiger partial charge in [0.1, 0.15) is 0 Å². The van der Waals surface area contributed by atoms with E-state index in [1.54, 1.807) is 11.3 Å². The number of carbonyl (C=O) groups is 1. The van der Waals surface area contributed by atoms with Crippen LogP contribution in [0, 0.1) is 5.41 Å². The molecule has 0 spiro atoms. The Kier molecular flexibility index (Phi) is 2.53. The molecule has 1 aliphatic rings. The molecule has 0 saturated carbocycles. The first-order valence-electron chi connectivity index (χ1n) is 5.92. The maximum absolute atomic E-state index is 12.6. The van der Waals surface area contributed by atoms with E-state index in [-0.39, 0.29) is 11.2 Å². The maximum atomic E-state index is 12.6. The van der Waals surface area contributed by atoms with Crippen molar-refractivity contribution in [2.24, 2.45) is 5.41 Å². The van der Waals surface area contributed by atoms with Crippen molar-refractivity contribution in [3.8, 4) is 0 Å². The number of carbonyl (C=O) groups excluding carboxylic acids is 1. The molecule has 88 valence electrons. The molecule has 1 N–H and O–H groups in total. The molecule has 2 aromatic rings. The third-order valence-corrected chi connectivity index (χ3v) is 4.60. The molecule has 1 fully saturated rings. The van der Waals surface area contributed by atoms with Crippen molar-refractivity contribution in [1.29, 1.82) is 0 Å². The predicted molar refractivity (Wildman–Crippen MR) is 71.7 cm³/mol. The number of rotatable bonds is 2. The van der Waals surface area contributed by atoms with Crippen LogP contribution >= 0.6 is 11.3 Å². The van der Waals surface area contributed by atoms with Gasteiger partial charge in [-0.05, 0) is 35.9 Å². The second-order valence-corrected chi connectivity index (χ2v) is 5.88. The normalized spacial score (nSPS) is 24.3. The highest BCUT2D eigenvalue weighted by Crippen LogP contribution is 2.33. The molecule has 0 bridgehead atoms. The highest BCUT2D eigenvalue weighted by molar-refractivity contribution is 7.17. The average molecular weight is 245 g/mol. The molecule has 1 aliphatic heterocycles. The first-order chi connectivity index (χ1) is 8.21. The fraction of sp³-hybridized carbons (Fsp3) is 0.357. The Balaban J connectivity index is 2.09. The molecular weight excluding hydrogens is 230 g/mol. The van der Waals surface area contributed by atoms with Gasteiger partial charge >= 0.3 is 0 Å². The zero-order valence-electron chi connectivity index (χ0n) is 9.82. The zero-order valence-corrected chi connectivity index (χ0v) is 10.6. The van der Waals surface area contributed by atoms with Gasteiger partial charge < -0.3 is 5.32 Å². The second-order valence-electron chi connectivity index (χ2n) is 4.96. The molecule has 0 amide bonds. The molecule has 2 nitrogen and oxygen atoms in total. The summed E-state index contributed by atoms with van der Waals surface area (Å²) in [6.07, 6.45) is 0.938. The lowest BCUT2D eigenvalue weighted by Gasteiger charge is -2.21. The summed E-state index contributed by atoms with van der Waals surface area (Å²) in [6.45, 7) is 3.82.